The van der Waals surface area contributed by atoms with E-state index in [-0.39, 0.29) is 30.8 Å². The molecule has 1 saturated carbocycles. The average Bonchev–Trinajstić information content (AvgIpc) is 2.33. The lowest BCUT2D eigenvalue weighted by atomic mass is 9.81. The molecular formula is C11H20N2O5S. The Morgan fingerprint density at radius 3 is 2.11 bits per heavy atom. The number of sulfonamides is 1. The first-order chi connectivity index (χ1) is 8.79. The predicted octanol–water partition coefficient (Wildman–Crippen LogP) is -0.457. The Labute approximate surface area is 112 Å². The second-order valence-corrected chi connectivity index (χ2v) is 6.68. The van der Waals surface area contributed by atoms with Crippen LogP contribution in [0.1, 0.15) is 25.7 Å². The molecule has 0 heterocycles. The fourth-order valence-electron chi connectivity index (χ4n) is 2.17. The maximum absolute atomic E-state index is 11.8. The molecule has 0 aromatic carbocycles. The van der Waals surface area contributed by atoms with Crippen LogP contribution in [0, 0.1) is 11.8 Å². The van der Waals surface area contributed by atoms with Gasteiger partial charge in [0.15, 0.2) is 0 Å². The van der Waals surface area contributed by atoms with Gasteiger partial charge in [0, 0.05) is 19.0 Å². The number of hydrogen-bond acceptors (Lipinski definition) is 4. The third kappa shape index (κ3) is 6.02. The molecule has 0 spiro atoms. The highest BCUT2D eigenvalue weighted by Gasteiger charge is 2.29. The van der Waals surface area contributed by atoms with Crippen molar-refractivity contribution in [2.75, 3.05) is 19.3 Å². The van der Waals surface area contributed by atoms with E-state index in [1.54, 1.807) is 0 Å². The van der Waals surface area contributed by atoms with Crippen molar-refractivity contribution in [3.8, 4) is 0 Å². The average molecular weight is 292 g/mol. The molecule has 8 heteroatoms. The number of carboxylic acids is 1. The summed E-state index contributed by atoms with van der Waals surface area (Å²) in [5, 5.41) is 11.5. The molecule has 1 aliphatic carbocycles. The maximum atomic E-state index is 11.8. The zero-order chi connectivity index (χ0) is 14.5. The summed E-state index contributed by atoms with van der Waals surface area (Å²) in [4.78, 5) is 22.5. The first kappa shape index (κ1) is 15.9. The van der Waals surface area contributed by atoms with E-state index in [2.05, 4.69) is 10.0 Å². The van der Waals surface area contributed by atoms with E-state index in [1.807, 2.05) is 0 Å². The van der Waals surface area contributed by atoms with E-state index in [9.17, 15) is 18.0 Å². The van der Waals surface area contributed by atoms with Crippen molar-refractivity contribution in [3.63, 3.8) is 0 Å². The molecule has 0 bridgehead atoms. The molecule has 0 radical (unpaired) electrons. The van der Waals surface area contributed by atoms with Crippen LogP contribution in [0.4, 0.5) is 0 Å². The van der Waals surface area contributed by atoms with Gasteiger partial charge < -0.3 is 10.4 Å². The lowest BCUT2D eigenvalue weighted by molar-refractivity contribution is -0.144. The second kappa shape index (κ2) is 6.85. The summed E-state index contributed by atoms with van der Waals surface area (Å²) >= 11 is 0. The molecule has 7 nitrogen and oxygen atoms in total. The van der Waals surface area contributed by atoms with Crippen LogP contribution in [-0.4, -0.2) is 44.7 Å². The van der Waals surface area contributed by atoms with Crippen molar-refractivity contribution >= 4 is 21.9 Å². The Morgan fingerprint density at radius 1 is 1.11 bits per heavy atom. The topological polar surface area (TPSA) is 113 Å². The largest absolute Gasteiger partial charge is 0.481 e. The summed E-state index contributed by atoms with van der Waals surface area (Å²) < 4.78 is 23.9. The number of nitrogens with one attached hydrogen (secondary N) is 2. The molecule has 110 valence electrons. The first-order valence-electron chi connectivity index (χ1n) is 6.25. The summed E-state index contributed by atoms with van der Waals surface area (Å²) in [6, 6.07) is 0. The predicted molar refractivity (Wildman–Crippen MR) is 68.9 cm³/mol. The molecule has 3 N–H and O–H groups in total. The van der Waals surface area contributed by atoms with Crippen LogP contribution < -0.4 is 10.0 Å². The Balaban J connectivity index is 2.23. The van der Waals surface area contributed by atoms with Gasteiger partial charge in [-0.1, -0.05) is 0 Å². The van der Waals surface area contributed by atoms with Gasteiger partial charge in [-0.25, -0.2) is 13.1 Å². The maximum Gasteiger partial charge on any atom is 0.306 e. The van der Waals surface area contributed by atoms with Gasteiger partial charge in [-0.3, -0.25) is 9.59 Å². The van der Waals surface area contributed by atoms with Gasteiger partial charge in [-0.05, 0) is 25.7 Å². The number of rotatable bonds is 6. The molecule has 1 fully saturated rings. The fraction of sp³-hybridized carbons (Fsp3) is 0.818. The van der Waals surface area contributed by atoms with E-state index in [0.29, 0.717) is 25.7 Å². The van der Waals surface area contributed by atoms with Gasteiger partial charge in [-0.2, -0.15) is 0 Å². The molecule has 0 aromatic heterocycles. The van der Waals surface area contributed by atoms with Crippen molar-refractivity contribution in [2.24, 2.45) is 11.8 Å². The van der Waals surface area contributed by atoms with Crippen LogP contribution in [-0.2, 0) is 19.6 Å². The van der Waals surface area contributed by atoms with Gasteiger partial charge >= 0.3 is 5.97 Å². The van der Waals surface area contributed by atoms with Crippen molar-refractivity contribution in [3.05, 3.63) is 0 Å². The highest BCUT2D eigenvalue weighted by atomic mass is 32.2. The minimum absolute atomic E-state index is 0.126. The summed E-state index contributed by atoms with van der Waals surface area (Å²) in [5.74, 6) is -1.42. The van der Waals surface area contributed by atoms with Gasteiger partial charge in [-0.15, -0.1) is 0 Å². The number of amides is 1. The minimum atomic E-state index is -3.23. The van der Waals surface area contributed by atoms with E-state index >= 15 is 0 Å². The molecule has 1 rings (SSSR count). The number of hydrogen-bond donors (Lipinski definition) is 3. The van der Waals surface area contributed by atoms with Crippen LogP contribution in [0.15, 0.2) is 0 Å². The normalized spacial score (nSPS) is 23.8. The minimum Gasteiger partial charge on any atom is -0.481 e. The summed E-state index contributed by atoms with van der Waals surface area (Å²) in [6.45, 7) is 0.403. The third-order valence-corrected chi connectivity index (χ3v) is 3.96. The molecule has 19 heavy (non-hydrogen) atoms. The molecule has 0 aliphatic heterocycles. The SMILES string of the molecule is CS(=O)(=O)NCCNC(=O)C1CCC(C(=O)O)CC1. The van der Waals surface area contributed by atoms with Crippen LogP contribution in [0.25, 0.3) is 0 Å². The molecule has 0 aromatic rings. The van der Waals surface area contributed by atoms with Gasteiger partial charge in [0.05, 0.1) is 12.2 Å². The van der Waals surface area contributed by atoms with Crippen LogP contribution in [0.3, 0.4) is 0 Å². The fourth-order valence-corrected chi connectivity index (χ4v) is 2.64. The number of carbonyl (C=O) groups is 2. The lowest BCUT2D eigenvalue weighted by Gasteiger charge is -2.25. The van der Waals surface area contributed by atoms with Gasteiger partial charge in [0.2, 0.25) is 15.9 Å². The highest BCUT2D eigenvalue weighted by Crippen LogP contribution is 2.28. The first-order valence-corrected chi connectivity index (χ1v) is 8.14. The smallest absolute Gasteiger partial charge is 0.306 e. The van der Waals surface area contributed by atoms with Crippen molar-refractivity contribution in [1.29, 1.82) is 0 Å². The zero-order valence-electron chi connectivity index (χ0n) is 10.9. The summed E-state index contributed by atoms with van der Waals surface area (Å²) in [6.07, 6.45) is 3.25. The van der Waals surface area contributed by atoms with Crippen molar-refractivity contribution in [1.82, 2.24) is 10.0 Å². The molecule has 0 atom stereocenters. The zero-order valence-corrected chi connectivity index (χ0v) is 11.7. The summed E-state index contributed by atoms with van der Waals surface area (Å²) in [5.41, 5.74) is 0. The van der Waals surface area contributed by atoms with E-state index < -0.39 is 16.0 Å². The van der Waals surface area contributed by atoms with Crippen LogP contribution >= 0.6 is 0 Å². The highest BCUT2D eigenvalue weighted by molar-refractivity contribution is 7.88. The lowest BCUT2D eigenvalue weighted by Crippen LogP contribution is -2.38. The Kier molecular flexibility index (Phi) is 5.74. The van der Waals surface area contributed by atoms with E-state index in [1.165, 1.54) is 0 Å². The molecule has 1 aliphatic rings. The van der Waals surface area contributed by atoms with Crippen LogP contribution in [0.2, 0.25) is 0 Å². The number of carbonyl (C=O) groups excluding carboxylic acids is 1. The second-order valence-electron chi connectivity index (χ2n) is 4.84. The van der Waals surface area contributed by atoms with Gasteiger partial charge in [0.1, 0.15) is 0 Å². The molecule has 1 amide bonds. The quantitative estimate of drug-likeness (QED) is 0.574. The monoisotopic (exact) mass is 292 g/mol. The number of carboxylic acid groups (broad SMARTS) is 1. The third-order valence-electron chi connectivity index (χ3n) is 3.24. The van der Waals surface area contributed by atoms with Crippen molar-refractivity contribution in [2.45, 2.75) is 25.7 Å². The molecular weight excluding hydrogens is 272 g/mol. The van der Waals surface area contributed by atoms with E-state index in [4.69, 9.17) is 5.11 Å². The van der Waals surface area contributed by atoms with Crippen LogP contribution in [0.5, 0.6) is 0 Å². The Hall–Kier alpha value is -1.15. The molecule has 0 saturated heterocycles. The Bertz CT molecular complexity index is 426. The molecule has 0 unspecified atom stereocenters. The Morgan fingerprint density at radius 2 is 1.63 bits per heavy atom. The standard InChI is InChI=1S/C11H20N2O5S/c1-19(17,18)13-7-6-12-10(14)8-2-4-9(5-3-8)11(15)16/h8-9,13H,2-7H2,1H3,(H,12,14)(H,15,16). The van der Waals surface area contributed by atoms with E-state index in [0.717, 1.165) is 6.26 Å². The number of aliphatic carboxylic acids is 1. The van der Waals surface area contributed by atoms with Gasteiger partial charge in [0.25, 0.3) is 0 Å². The summed E-state index contributed by atoms with van der Waals surface area (Å²) in [7, 11) is -3.23. The van der Waals surface area contributed by atoms with Crippen molar-refractivity contribution < 1.29 is 23.1 Å².